The summed E-state index contributed by atoms with van der Waals surface area (Å²) < 4.78 is 31.6. The van der Waals surface area contributed by atoms with Crippen LogP contribution in [-0.2, 0) is 26.1 Å². The number of rotatable bonds is 8. The van der Waals surface area contributed by atoms with Crippen molar-refractivity contribution in [1.82, 2.24) is 9.62 Å². The Morgan fingerprint density at radius 3 is 2.52 bits per heavy atom. The maximum atomic E-state index is 12.9. The molecule has 0 aliphatic carbocycles. The predicted octanol–water partition coefficient (Wildman–Crippen LogP) is 2.82. The van der Waals surface area contributed by atoms with Gasteiger partial charge in [-0.1, -0.05) is 42.5 Å². The van der Waals surface area contributed by atoms with Crippen LogP contribution in [0.3, 0.4) is 0 Å². The van der Waals surface area contributed by atoms with Gasteiger partial charge in [-0.15, -0.1) is 0 Å². The first-order valence-corrected chi connectivity index (χ1v) is 11.1. The predicted molar refractivity (Wildman–Crippen MR) is 113 cm³/mol. The van der Waals surface area contributed by atoms with Crippen LogP contribution in [0, 0.1) is 0 Å². The molecule has 2 aromatic rings. The number of hydrogen-bond acceptors (Lipinski definition) is 4. The van der Waals surface area contributed by atoms with Gasteiger partial charge in [-0.2, -0.15) is 0 Å². The molecule has 6 nitrogen and oxygen atoms in total. The number of sulfonamides is 1. The summed E-state index contributed by atoms with van der Waals surface area (Å²) in [5.74, 6) is -0.101. The maximum absolute atomic E-state index is 12.9. The third kappa shape index (κ3) is 6.00. The monoisotopic (exact) mass is 414 g/mol. The van der Waals surface area contributed by atoms with Crippen molar-refractivity contribution < 1.29 is 17.9 Å². The topological polar surface area (TPSA) is 75.7 Å². The first-order valence-electron chi connectivity index (χ1n) is 9.64. The summed E-state index contributed by atoms with van der Waals surface area (Å²) in [7, 11) is -2.10. The molecule has 0 spiro atoms. The molecule has 1 unspecified atom stereocenters. The van der Waals surface area contributed by atoms with E-state index in [1.165, 1.54) is 25.3 Å². The molecule has 1 N–H and O–H groups in total. The molecule has 0 saturated carbocycles. The Balaban J connectivity index is 1.71. The van der Waals surface area contributed by atoms with Gasteiger partial charge >= 0.3 is 0 Å². The number of hydrogen-bond donors (Lipinski definition) is 1. The lowest BCUT2D eigenvalue weighted by atomic mass is 10.1. The lowest BCUT2D eigenvalue weighted by molar-refractivity contribution is -0.128. The summed E-state index contributed by atoms with van der Waals surface area (Å²) in [6.45, 7) is 1.82. The zero-order valence-corrected chi connectivity index (χ0v) is 17.3. The second kappa shape index (κ2) is 9.82. The molecule has 3 rings (SSSR count). The van der Waals surface area contributed by atoms with Crippen LogP contribution in [0.25, 0.3) is 6.08 Å². The number of carbonyl (C=O) groups is 1. The number of ether oxygens (including phenoxy) is 1. The quantitative estimate of drug-likeness (QED) is 0.674. The highest BCUT2D eigenvalue weighted by molar-refractivity contribution is 7.89. The summed E-state index contributed by atoms with van der Waals surface area (Å²) in [5, 5.41) is 0. The fraction of sp³-hybridized carbons (Fsp3) is 0.318. The standard InChI is InChI=1S/C22H26N2O4S/c1-23-29(26,27)21-12-9-18(10-13-21)11-14-22(25)24(17-20-8-5-15-28-20)16-19-6-3-2-4-7-19/h2-4,6-7,9-14,20,23H,5,8,15-17H2,1H3. The zero-order chi connectivity index (χ0) is 20.7. The highest BCUT2D eigenvalue weighted by Gasteiger charge is 2.21. The van der Waals surface area contributed by atoms with Gasteiger partial charge in [-0.3, -0.25) is 4.79 Å². The molecule has 1 aliphatic heterocycles. The molecule has 7 heteroatoms. The van der Waals surface area contributed by atoms with Gasteiger partial charge in [-0.25, -0.2) is 13.1 Å². The van der Waals surface area contributed by atoms with Crippen molar-refractivity contribution in [2.45, 2.75) is 30.4 Å². The van der Waals surface area contributed by atoms with E-state index in [2.05, 4.69) is 4.72 Å². The number of nitrogens with one attached hydrogen (secondary N) is 1. The first-order chi connectivity index (χ1) is 14.0. The highest BCUT2D eigenvalue weighted by atomic mass is 32.2. The summed E-state index contributed by atoms with van der Waals surface area (Å²) in [6.07, 6.45) is 5.28. The molecule has 1 fully saturated rings. The molecular formula is C22H26N2O4S. The van der Waals surface area contributed by atoms with Crippen molar-refractivity contribution in [1.29, 1.82) is 0 Å². The van der Waals surface area contributed by atoms with E-state index in [-0.39, 0.29) is 16.9 Å². The fourth-order valence-corrected chi connectivity index (χ4v) is 3.95. The Hall–Kier alpha value is -2.48. The van der Waals surface area contributed by atoms with Crippen LogP contribution >= 0.6 is 0 Å². The SMILES string of the molecule is CNS(=O)(=O)c1ccc(C=CC(=O)N(Cc2ccccc2)CC2CCCO2)cc1. The molecule has 1 atom stereocenters. The van der Waals surface area contributed by atoms with E-state index < -0.39 is 10.0 Å². The van der Waals surface area contributed by atoms with Gasteiger partial charge in [0.05, 0.1) is 11.0 Å². The number of carbonyl (C=O) groups excluding carboxylic acids is 1. The highest BCUT2D eigenvalue weighted by Crippen LogP contribution is 2.16. The molecule has 154 valence electrons. The second-order valence-corrected chi connectivity index (χ2v) is 8.84. The minimum atomic E-state index is -3.47. The molecule has 1 aliphatic rings. The minimum absolute atomic E-state index is 0.0714. The van der Waals surface area contributed by atoms with Gasteiger partial charge in [0.25, 0.3) is 0 Å². The summed E-state index contributed by atoms with van der Waals surface area (Å²) in [4.78, 5) is 14.8. The largest absolute Gasteiger partial charge is 0.376 e. The first kappa shape index (κ1) is 21.2. The van der Waals surface area contributed by atoms with Gasteiger partial charge in [0.15, 0.2) is 0 Å². The van der Waals surface area contributed by atoms with Crippen LogP contribution in [0.2, 0.25) is 0 Å². The zero-order valence-electron chi connectivity index (χ0n) is 16.5. The Bertz CT molecular complexity index is 935. The number of nitrogens with zero attached hydrogens (tertiary/aromatic N) is 1. The lowest BCUT2D eigenvalue weighted by Gasteiger charge is -2.24. The van der Waals surface area contributed by atoms with E-state index in [1.54, 1.807) is 23.1 Å². The van der Waals surface area contributed by atoms with Gasteiger partial charge < -0.3 is 9.64 Å². The van der Waals surface area contributed by atoms with Crippen LogP contribution in [0.5, 0.6) is 0 Å². The van der Waals surface area contributed by atoms with Crippen molar-refractivity contribution in [2.24, 2.45) is 0 Å². The molecule has 0 aromatic heterocycles. The molecule has 1 amide bonds. The average Bonchev–Trinajstić information content (AvgIpc) is 3.26. The normalized spacial score (nSPS) is 16.9. The molecule has 29 heavy (non-hydrogen) atoms. The minimum Gasteiger partial charge on any atom is -0.376 e. The van der Waals surface area contributed by atoms with Crippen molar-refractivity contribution in [2.75, 3.05) is 20.2 Å². The van der Waals surface area contributed by atoms with Crippen LogP contribution in [-0.4, -0.2) is 45.5 Å². The summed E-state index contributed by atoms with van der Waals surface area (Å²) in [5.41, 5.74) is 1.82. The smallest absolute Gasteiger partial charge is 0.246 e. The third-order valence-corrected chi connectivity index (χ3v) is 6.28. The van der Waals surface area contributed by atoms with Crippen molar-refractivity contribution in [3.05, 3.63) is 71.8 Å². The molecule has 2 aromatic carbocycles. The summed E-state index contributed by atoms with van der Waals surface area (Å²) >= 11 is 0. The average molecular weight is 415 g/mol. The van der Waals surface area contributed by atoms with Crippen molar-refractivity contribution >= 4 is 22.0 Å². The van der Waals surface area contributed by atoms with Crippen molar-refractivity contribution in [3.63, 3.8) is 0 Å². The van der Waals surface area contributed by atoms with Gasteiger partial charge in [0.2, 0.25) is 15.9 Å². The van der Waals surface area contributed by atoms with Crippen LogP contribution in [0.15, 0.2) is 65.6 Å². The van der Waals surface area contributed by atoms with Gasteiger partial charge in [0.1, 0.15) is 0 Å². The van der Waals surface area contributed by atoms with E-state index in [9.17, 15) is 13.2 Å². The molecular weight excluding hydrogens is 388 g/mol. The lowest BCUT2D eigenvalue weighted by Crippen LogP contribution is -2.35. The van der Waals surface area contributed by atoms with E-state index in [4.69, 9.17) is 4.74 Å². The van der Waals surface area contributed by atoms with Gasteiger partial charge in [0, 0.05) is 25.8 Å². The Kier molecular flexibility index (Phi) is 7.19. The maximum Gasteiger partial charge on any atom is 0.246 e. The Labute approximate surface area is 172 Å². The molecule has 0 bridgehead atoms. The Morgan fingerprint density at radius 2 is 1.90 bits per heavy atom. The molecule has 0 radical (unpaired) electrons. The summed E-state index contributed by atoms with van der Waals surface area (Å²) in [6, 6.07) is 16.3. The van der Waals surface area contributed by atoms with Crippen LogP contribution in [0.4, 0.5) is 0 Å². The van der Waals surface area contributed by atoms with E-state index in [1.807, 2.05) is 30.3 Å². The molecule has 1 saturated heterocycles. The van der Waals surface area contributed by atoms with E-state index in [0.717, 1.165) is 30.6 Å². The third-order valence-electron chi connectivity index (χ3n) is 4.85. The van der Waals surface area contributed by atoms with Crippen molar-refractivity contribution in [3.8, 4) is 0 Å². The molecule has 1 heterocycles. The van der Waals surface area contributed by atoms with E-state index in [0.29, 0.717) is 13.1 Å². The van der Waals surface area contributed by atoms with E-state index >= 15 is 0 Å². The van der Waals surface area contributed by atoms with Crippen LogP contribution < -0.4 is 4.72 Å². The number of benzene rings is 2. The second-order valence-electron chi connectivity index (χ2n) is 6.95. The van der Waals surface area contributed by atoms with Crippen LogP contribution in [0.1, 0.15) is 24.0 Å². The van der Waals surface area contributed by atoms with Gasteiger partial charge in [-0.05, 0) is 49.2 Å². The fourth-order valence-electron chi connectivity index (χ4n) is 3.22. The Morgan fingerprint density at radius 1 is 1.17 bits per heavy atom. The number of amides is 1.